The summed E-state index contributed by atoms with van der Waals surface area (Å²) >= 11 is 1.23. The van der Waals surface area contributed by atoms with Crippen LogP contribution < -0.4 is 11.5 Å². The number of primary amides is 1. The fraction of sp³-hybridized carbons (Fsp3) is 0.500. The molecule has 5 N–H and O–H groups in total. The summed E-state index contributed by atoms with van der Waals surface area (Å²) in [7, 11) is 1.28. The Morgan fingerprint density at radius 2 is 2.25 bits per heavy atom. The lowest BCUT2D eigenvalue weighted by Crippen LogP contribution is -2.78. The number of amides is 2. The van der Waals surface area contributed by atoms with Crippen molar-refractivity contribution in [2.75, 3.05) is 19.5 Å². The summed E-state index contributed by atoms with van der Waals surface area (Å²) in [5, 5.41) is 8.62. The summed E-state index contributed by atoms with van der Waals surface area (Å²) in [4.78, 5) is 34.9. The maximum absolute atomic E-state index is 12.0. The van der Waals surface area contributed by atoms with Crippen LogP contribution in [0.15, 0.2) is 11.3 Å². The van der Waals surface area contributed by atoms with Crippen molar-refractivity contribution in [3.05, 3.63) is 11.3 Å². The van der Waals surface area contributed by atoms with Crippen molar-refractivity contribution in [2.24, 2.45) is 11.5 Å². The minimum atomic E-state index is -1.53. The number of methoxy groups -OCH3 is 1. The van der Waals surface area contributed by atoms with E-state index in [1.54, 1.807) is 0 Å². The van der Waals surface area contributed by atoms with Crippen LogP contribution in [0.5, 0.6) is 0 Å². The second-order valence-electron chi connectivity index (χ2n) is 4.20. The zero-order valence-electron chi connectivity index (χ0n) is 10.5. The van der Waals surface area contributed by atoms with Crippen LogP contribution in [0.4, 0.5) is 4.79 Å². The average Bonchev–Trinajstić information content (AvgIpc) is 2.42. The number of thioether (sulfide) groups is 1. The second-order valence-corrected chi connectivity index (χ2v) is 5.27. The topological polar surface area (TPSA) is 145 Å². The minimum absolute atomic E-state index is 0.238. The van der Waals surface area contributed by atoms with E-state index in [-0.39, 0.29) is 23.6 Å². The molecule has 20 heavy (non-hydrogen) atoms. The molecule has 0 spiro atoms. The van der Waals surface area contributed by atoms with Gasteiger partial charge < -0.3 is 20.3 Å². The number of carboxylic acid groups (broad SMARTS) is 1. The van der Waals surface area contributed by atoms with Gasteiger partial charge in [0.1, 0.15) is 17.7 Å². The first-order valence-electron chi connectivity index (χ1n) is 5.49. The van der Waals surface area contributed by atoms with E-state index in [4.69, 9.17) is 16.2 Å². The van der Waals surface area contributed by atoms with E-state index in [0.29, 0.717) is 0 Å². The zero-order chi connectivity index (χ0) is 15.1. The number of rotatable bonds is 4. The van der Waals surface area contributed by atoms with Gasteiger partial charge in [0, 0.05) is 18.4 Å². The lowest BCUT2D eigenvalue weighted by molar-refractivity contribution is -0.183. The molecule has 2 rings (SSSR count). The van der Waals surface area contributed by atoms with Gasteiger partial charge in [0.05, 0.1) is 0 Å². The fourth-order valence-electron chi connectivity index (χ4n) is 2.07. The Hall–Kier alpha value is -1.78. The molecule has 10 heteroatoms. The Balaban J connectivity index is 2.31. The highest BCUT2D eigenvalue weighted by molar-refractivity contribution is 8.00. The lowest BCUT2D eigenvalue weighted by Gasteiger charge is -2.54. The Kier molecular flexibility index (Phi) is 3.63. The second kappa shape index (κ2) is 4.96. The molecular weight excluding hydrogens is 290 g/mol. The predicted molar refractivity (Wildman–Crippen MR) is 67.2 cm³/mol. The van der Waals surface area contributed by atoms with Gasteiger partial charge in [0.15, 0.2) is 0 Å². The molecule has 1 saturated heterocycles. The molecule has 2 heterocycles. The summed E-state index contributed by atoms with van der Waals surface area (Å²) < 4.78 is 9.55. The Morgan fingerprint density at radius 3 is 2.75 bits per heavy atom. The highest BCUT2D eigenvalue weighted by Crippen LogP contribution is 2.45. The number of hydrogen-bond donors (Lipinski definition) is 3. The summed E-state index contributed by atoms with van der Waals surface area (Å²) in [6, 6.07) is 0. The van der Waals surface area contributed by atoms with Crippen molar-refractivity contribution >= 4 is 29.7 Å². The Labute approximate surface area is 117 Å². The molecule has 1 fully saturated rings. The van der Waals surface area contributed by atoms with Crippen molar-refractivity contribution in [1.29, 1.82) is 0 Å². The van der Waals surface area contributed by atoms with E-state index >= 15 is 0 Å². The van der Waals surface area contributed by atoms with Gasteiger partial charge in [-0.25, -0.2) is 9.59 Å². The molecule has 0 bridgehead atoms. The van der Waals surface area contributed by atoms with Gasteiger partial charge in [-0.15, -0.1) is 11.8 Å². The quantitative estimate of drug-likeness (QED) is 0.426. The number of hydrogen-bond acceptors (Lipinski definition) is 7. The SMILES string of the molecule is COC1(N)C(=O)N2C(C(=O)O)=C(COC(N)=O)CS[C@@H]21. The van der Waals surface area contributed by atoms with Crippen molar-refractivity contribution in [3.8, 4) is 0 Å². The van der Waals surface area contributed by atoms with Crippen LogP contribution in [0.3, 0.4) is 0 Å². The first kappa shape index (κ1) is 14.6. The van der Waals surface area contributed by atoms with Gasteiger partial charge in [0.2, 0.25) is 5.72 Å². The smallest absolute Gasteiger partial charge is 0.404 e. The number of β-lactam (4-membered cyclic amide) rings is 1. The van der Waals surface area contributed by atoms with Gasteiger partial charge in [-0.2, -0.15) is 0 Å². The zero-order valence-corrected chi connectivity index (χ0v) is 11.3. The highest BCUT2D eigenvalue weighted by Gasteiger charge is 2.63. The normalized spacial score (nSPS) is 28.8. The molecule has 0 aromatic heterocycles. The summed E-state index contributed by atoms with van der Waals surface area (Å²) in [5.74, 6) is -1.71. The van der Waals surface area contributed by atoms with Crippen molar-refractivity contribution in [3.63, 3.8) is 0 Å². The monoisotopic (exact) mass is 303 g/mol. The van der Waals surface area contributed by atoms with Gasteiger partial charge in [-0.05, 0) is 0 Å². The largest absolute Gasteiger partial charge is 0.477 e. The van der Waals surface area contributed by atoms with Crippen LogP contribution in [0.25, 0.3) is 0 Å². The highest BCUT2D eigenvalue weighted by atomic mass is 32.2. The molecule has 0 radical (unpaired) electrons. The first-order chi connectivity index (χ1) is 9.32. The van der Waals surface area contributed by atoms with Crippen LogP contribution in [-0.4, -0.2) is 58.5 Å². The fourth-order valence-corrected chi connectivity index (χ4v) is 3.45. The Morgan fingerprint density at radius 1 is 1.60 bits per heavy atom. The number of carbonyl (C=O) groups excluding carboxylic acids is 2. The predicted octanol–water partition coefficient (Wildman–Crippen LogP) is -1.36. The maximum Gasteiger partial charge on any atom is 0.404 e. The maximum atomic E-state index is 12.0. The molecule has 2 amide bonds. The Bertz CT molecular complexity index is 521. The van der Waals surface area contributed by atoms with Crippen LogP contribution in [0.1, 0.15) is 0 Å². The first-order valence-corrected chi connectivity index (χ1v) is 6.54. The molecular formula is C10H13N3O6S. The van der Waals surface area contributed by atoms with Gasteiger partial charge >= 0.3 is 12.1 Å². The van der Waals surface area contributed by atoms with E-state index in [9.17, 15) is 19.5 Å². The standard InChI is InChI=1S/C10H13N3O6S/c1-18-10(12)7(16)13-5(6(14)15)4(2-19-9(11)17)3-20-8(10)13/h8H,2-3,12H2,1H3,(H2,11,17)(H,14,15)/t8-,10?/m1/s1. The van der Waals surface area contributed by atoms with Gasteiger partial charge in [-0.3, -0.25) is 15.4 Å². The van der Waals surface area contributed by atoms with E-state index in [0.717, 1.165) is 4.90 Å². The number of fused-ring (bicyclic) bond motifs is 1. The van der Waals surface area contributed by atoms with Crippen LogP contribution in [-0.2, 0) is 19.1 Å². The minimum Gasteiger partial charge on any atom is -0.477 e. The van der Waals surface area contributed by atoms with E-state index in [1.165, 1.54) is 18.9 Å². The summed E-state index contributed by atoms with van der Waals surface area (Å²) in [5.41, 5.74) is 9.13. The number of carboxylic acids is 1. The molecule has 2 aliphatic heterocycles. The molecule has 0 aromatic rings. The third kappa shape index (κ3) is 2.01. The van der Waals surface area contributed by atoms with Crippen LogP contribution in [0.2, 0.25) is 0 Å². The van der Waals surface area contributed by atoms with Crippen LogP contribution in [0, 0.1) is 0 Å². The molecule has 110 valence electrons. The molecule has 0 aromatic carbocycles. The third-order valence-electron chi connectivity index (χ3n) is 3.07. The average molecular weight is 303 g/mol. The molecule has 2 atom stereocenters. The number of aliphatic carboxylic acids is 1. The van der Waals surface area contributed by atoms with Crippen molar-refractivity contribution in [1.82, 2.24) is 4.90 Å². The molecule has 0 saturated carbocycles. The summed E-state index contributed by atoms with van der Waals surface area (Å²) in [6.45, 7) is -0.287. The number of nitrogens with zero attached hydrogens (tertiary/aromatic N) is 1. The number of carbonyl (C=O) groups is 3. The van der Waals surface area contributed by atoms with E-state index in [1.807, 2.05) is 0 Å². The third-order valence-corrected chi connectivity index (χ3v) is 4.47. The lowest BCUT2D eigenvalue weighted by atomic mass is 9.99. The number of nitrogens with two attached hydrogens (primary N) is 2. The van der Waals surface area contributed by atoms with Crippen molar-refractivity contribution < 1.29 is 29.0 Å². The summed E-state index contributed by atoms with van der Waals surface area (Å²) in [6.07, 6.45) is -1.02. The van der Waals surface area contributed by atoms with Crippen LogP contribution >= 0.6 is 11.8 Å². The van der Waals surface area contributed by atoms with E-state index in [2.05, 4.69) is 4.74 Å². The van der Waals surface area contributed by atoms with Gasteiger partial charge in [0.25, 0.3) is 5.91 Å². The molecule has 2 aliphatic rings. The molecule has 1 unspecified atom stereocenters. The van der Waals surface area contributed by atoms with E-state index < -0.39 is 29.1 Å². The molecule has 9 nitrogen and oxygen atoms in total. The van der Waals surface area contributed by atoms with Crippen molar-refractivity contribution in [2.45, 2.75) is 11.1 Å². The number of ether oxygens (including phenoxy) is 2. The van der Waals surface area contributed by atoms with Gasteiger partial charge in [-0.1, -0.05) is 0 Å². The molecule has 0 aliphatic carbocycles.